The number of aldehydes is 1. The molecule has 2 saturated heterocycles. The summed E-state index contributed by atoms with van der Waals surface area (Å²) in [6, 6.07) is 2.50. The van der Waals surface area contributed by atoms with Crippen LogP contribution < -0.4 is 15.5 Å². The number of likely N-dealkylation sites (N-methyl/N-ethyl adjacent to an activating group) is 1. The van der Waals surface area contributed by atoms with Crippen LogP contribution in [0.2, 0.25) is 0 Å². The van der Waals surface area contributed by atoms with Crippen LogP contribution in [0.4, 0.5) is 26.8 Å². The quantitative estimate of drug-likeness (QED) is 0.505. The molecular formula is C26H28FN9O4. The van der Waals surface area contributed by atoms with Gasteiger partial charge < -0.3 is 15.0 Å². The van der Waals surface area contributed by atoms with Crippen molar-refractivity contribution in [1.29, 1.82) is 5.26 Å². The normalized spacial score (nSPS) is 25.6. The molecule has 1 saturated carbocycles. The van der Waals surface area contributed by atoms with Gasteiger partial charge in [0.25, 0.3) is 0 Å². The fourth-order valence-electron chi connectivity index (χ4n) is 5.66. The second-order valence-electron chi connectivity index (χ2n) is 10.7. The highest BCUT2D eigenvalue weighted by Gasteiger charge is 2.57. The molecule has 0 spiro atoms. The number of alkyl halides is 1. The minimum atomic E-state index is -1.67. The molecule has 1 aliphatic carbocycles. The Morgan fingerprint density at radius 3 is 2.88 bits per heavy atom. The standard InChI is InChI=1S/C26H28FN9O4/c1-34-3-4-35(21(38)12-34)11-15-6-19-23(31-20(15)13-37)36(18-7-26(19,27)8-18)25(39)33-24-29-10-16(9-28)22(32-24)30-17-2-5-40-14-17/h6,10,13,17-18H,2-5,7-8,11-12,14H2,1H3,(H2,29,30,32,33,39). The van der Waals surface area contributed by atoms with Crippen molar-refractivity contribution in [2.75, 3.05) is 55.4 Å². The Labute approximate surface area is 229 Å². The molecule has 2 N–H and O–H groups in total. The van der Waals surface area contributed by atoms with Gasteiger partial charge in [-0.2, -0.15) is 10.2 Å². The van der Waals surface area contributed by atoms with E-state index in [4.69, 9.17) is 4.74 Å². The smallest absolute Gasteiger partial charge is 0.330 e. The number of hydrogen-bond donors (Lipinski definition) is 2. The van der Waals surface area contributed by atoms with Gasteiger partial charge in [0.15, 0.2) is 6.29 Å². The van der Waals surface area contributed by atoms with Gasteiger partial charge in [0, 0.05) is 56.3 Å². The van der Waals surface area contributed by atoms with Crippen molar-refractivity contribution in [2.45, 2.75) is 43.6 Å². The first kappa shape index (κ1) is 26.0. The van der Waals surface area contributed by atoms with Crippen LogP contribution in [-0.4, -0.2) is 95.0 Å². The number of carbonyl (C=O) groups excluding carboxylic acids is 3. The van der Waals surface area contributed by atoms with Gasteiger partial charge >= 0.3 is 6.03 Å². The molecule has 40 heavy (non-hydrogen) atoms. The minimum absolute atomic E-state index is 0.0199. The number of aromatic nitrogens is 3. The number of urea groups is 1. The summed E-state index contributed by atoms with van der Waals surface area (Å²) in [5, 5.41) is 15.2. The lowest BCUT2D eigenvalue weighted by Gasteiger charge is -2.52. The van der Waals surface area contributed by atoms with E-state index >= 15 is 4.39 Å². The zero-order chi connectivity index (χ0) is 28.0. The molecule has 7 rings (SSSR count). The molecule has 0 aromatic carbocycles. The molecule has 1 unspecified atom stereocenters. The summed E-state index contributed by atoms with van der Waals surface area (Å²) in [6.07, 6.45) is 2.81. The molecule has 208 valence electrons. The molecule has 2 aromatic heterocycles. The molecule has 1 atom stereocenters. The van der Waals surface area contributed by atoms with Crippen LogP contribution in [0, 0.1) is 11.3 Å². The number of nitrogens with zero attached hydrogens (tertiary/aromatic N) is 7. The van der Waals surface area contributed by atoms with Gasteiger partial charge in [-0.05, 0) is 19.5 Å². The summed E-state index contributed by atoms with van der Waals surface area (Å²) < 4.78 is 21.2. The Morgan fingerprint density at radius 2 is 2.17 bits per heavy atom. The number of ether oxygens (including phenoxy) is 1. The zero-order valence-corrected chi connectivity index (χ0v) is 21.9. The van der Waals surface area contributed by atoms with Crippen molar-refractivity contribution in [3.8, 4) is 6.07 Å². The van der Waals surface area contributed by atoms with E-state index in [2.05, 4.69) is 25.6 Å². The summed E-state index contributed by atoms with van der Waals surface area (Å²) >= 11 is 0. The lowest BCUT2D eigenvalue weighted by atomic mass is 9.68. The van der Waals surface area contributed by atoms with Crippen molar-refractivity contribution in [1.82, 2.24) is 24.8 Å². The Hall–Kier alpha value is -4.22. The highest BCUT2D eigenvalue weighted by Crippen LogP contribution is 2.55. The van der Waals surface area contributed by atoms with E-state index < -0.39 is 17.7 Å². The van der Waals surface area contributed by atoms with Crippen LogP contribution in [0.5, 0.6) is 0 Å². The highest BCUT2D eigenvalue weighted by molar-refractivity contribution is 6.02. The summed E-state index contributed by atoms with van der Waals surface area (Å²) in [5.74, 6) is 0.218. The molecule has 3 fully saturated rings. The molecule has 0 radical (unpaired) electrons. The molecule has 2 bridgehead atoms. The van der Waals surface area contributed by atoms with Gasteiger partial charge in [-0.15, -0.1) is 0 Å². The molecule has 4 aliphatic heterocycles. The second-order valence-corrected chi connectivity index (χ2v) is 10.7. The van der Waals surface area contributed by atoms with Gasteiger partial charge in [0.05, 0.1) is 25.4 Å². The monoisotopic (exact) mass is 549 g/mol. The predicted octanol–water partition coefficient (Wildman–Crippen LogP) is 1.41. The van der Waals surface area contributed by atoms with E-state index in [9.17, 15) is 19.6 Å². The predicted molar refractivity (Wildman–Crippen MR) is 139 cm³/mol. The first-order valence-corrected chi connectivity index (χ1v) is 13.1. The third kappa shape index (κ3) is 4.61. The maximum Gasteiger partial charge on any atom is 0.330 e. The van der Waals surface area contributed by atoms with Gasteiger partial charge in [-0.25, -0.2) is 19.2 Å². The molecule has 5 aliphatic rings. The van der Waals surface area contributed by atoms with Crippen molar-refractivity contribution in [3.63, 3.8) is 0 Å². The van der Waals surface area contributed by atoms with Gasteiger partial charge in [0.2, 0.25) is 11.9 Å². The highest BCUT2D eigenvalue weighted by atomic mass is 19.1. The first-order valence-electron chi connectivity index (χ1n) is 13.1. The van der Waals surface area contributed by atoms with Gasteiger partial charge in [-0.1, -0.05) is 0 Å². The topological polar surface area (TPSA) is 157 Å². The van der Waals surface area contributed by atoms with Crippen LogP contribution in [0.1, 0.15) is 46.4 Å². The summed E-state index contributed by atoms with van der Waals surface area (Å²) in [4.78, 5) is 55.7. The van der Waals surface area contributed by atoms with Crippen LogP contribution in [0.25, 0.3) is 0 Å². The maximum absolute atomic E-state index is 15.8. The van der Waals surface area contributed by atoms with Crippen molar-refractivity contribution >= 4 is 35.8 Å². The summed E-state index contributed by atoms with van der Waals surface area (Å²) in [6.45, 7) is 2.64. The van der Waals surface area contributed by atoms with Crippen molar-refractivity contribution in [3.05, 3.63) is 34.6 Å². The average molecular weight is 550 g/mol. The van der Waals surface area contributed by atoms with Gasteiger partial charge in [0.1, 0.15) is 34.6 Å². The second kappa shape index (κ2) is 10.1. The average Bonchev–Trinajstić information content (AvgIpc) is 3.42. The number of anilines is 3. The number of halogens is 1. The Morgan fingerprint density at radius 1 is 1.35 bits per heavy atom. The summed E-state index contributed by atoms with van der Waals surface area (Å²) in [7, 11) is 1.86. The van der Waals surface area contributed by atoms with E-state index in [0.29, 0.717) is 38.2 Å². The van der Waals surface area contributed by atoms with Gasteiger partial charge in [-0.3, -0.25) is 24.7 Å². The molecule has 3 amide bonds. The van der Waals surface area contributed by atoms with Crippen molar-refractivity contribution < 1.29 is 23.5 Å². The molecule has 2 aromatic rings. The minimum Gasteiger partial charge on any atom is -0.379 e. The largest absolute Gasteiger partial charge is 0.379 e. The Balaban J connectivity index is 1.27. The fourth-order valence-corrected chi connectivity index (χ4v) is 5.66. The number of hydrogen-bond acceptors (Lipinski definition) is 10. The fraction of sp³-hybridized carbons (Fsp3) is 0.500. The molecule has 14 heteroatoms. The SMILES string of the molecule is CN1CCN(Cc2cc3c(nc2C=O)N(C(=O)Nc2ncc(C#N)c(NC4CCOC4)n2)C2CC3(F)C2)C(=O)C1. The lowest BCUT2D eigenvalue weighted by molar-refractivity contribution is -0.136. The zero-order valence-electron chi connectivity index (χ0n) is 21.9. The van der Waals surface area contributed by atoms with E-state index in [1.165, 1.54) is 11.1 Å². The number of rotatable bonds is 6. The lowest BCUT2D eigenvalue weighted by Crippen LogP contribution is -2.60. The van der Waals surface area contributed by atoms with E-state index in [1.54, 1.807) is 11.0 Å². The number of carbonyl (C=O) groups is 3. The maximum atomic E-state index is 15.8. The number of piperazine rings is 1. The number of nitrogens with one attached hydrogen (secondary N) is 2. The Kier molecular flexibility index (Phi) is 6.55. The third-order valence-electron chi connectivity index (χ3n) is 7.91. The van der Waals surface area contributed by atoms with Crippen LogP contribution in [0.15, 0.2) is 12.3 Å². The van der Waals surface area contributed by atoms with E-state index in [0.717, 1.165) is 6.42 Å². The van der Waals surface area contributed by atoms with E-state index in [-0.39, 0.29) is 72.3 Å². The molecule has 13 nitrogen and oxygen atoms in total. The van der Waals surface area contributed by atoms with Crippen LogP contribution >= 0.6 is 0 Å². The van der Waals surface area contributed by atoms with E-state index in [1.807, 2.05) is 18.0 Å². The number of nitriles is 1. The van der Waals surface area contributed by atoms with Crippen LogP contribution in [0.3, 0.4) is 0 Å². The number of pyridine rings is 1. The molecular weight excluding hydrogens is 521 g/mol. The van der Waals surface area contributed by atoms with Crippen LogP contribution in [-0.2, 0) is 21.7 Å². The molecule has 6 heterocycles. The third-order valence-corrected chi connectivity index (χ3v) is 7.91. The summed E-state index contributed by atoms with van der Waals surface area (Å²) in [5.41, 5.74) is -0.739. The number of amides is 3. The van der Waals surface area contributed by atoms with Crippen molar-refractivity contribution in [2.24, 2.45) is 0 Å². The first-order chi connectivity index (χ1) is 19.3. The Bertz CT molecular complexity index is 1420.